The number of nitrogens with one attached hydrogen (secondary N) is 1. The Morgan fingerprint density at radius 1 is 1.11 bits per heavy atom. The van der Waals surface area contributed by atoms with Crippen molar-refractivity contribution in [2.75, 3.05) is 16.8 Å². The van der Waals surface area contributed by atoms with Crippen molar-refractivity contribution in [3.63, 3.8) is 0 Å². The van der Waals surface area contributed by atoms with Gasteiger partial charge in [0.2, 0.25) is 0 Å². The Morgan fingerprint density at radius 3 is 2.70 bits per heavy atom. The molecule has 0 unspecified atom stereocenters. The van der Waals surface area contributed by atoms with E-state index in [0.29, 0.717) is 16.4 Å². The van der Waals surface area contributed by atoms with E-state index in [2.05, 4.69) is 39.5 Å². The molecule has 27 heavy (non-hydrogen) atoms. The molecule has 1 N–H and O–H groups in total. The van der Waals surface area contributed by atoms with Crippen LogP contribution in [0.25, 0.3) is 0 Å². The van der Waals surface area contributed by atoms with Gasteiger partial charge in [0.25, 0.3) is 5.91 Å². The number of pyridine rings is 1. The van der Waals surface area contributed by atoms with E-state index in [9.17, 15) is 4.79 Å². The molecule has 0 fully saturated rings. The Hall–Kier alpha value is -2.85. The molecule has 0 spiro atoms. The minimum absolute atomic E-state index is 0.240. The number of rotatable bonds is 3. The molecule has 1 aliphatic heterocycles. The number of aromatic nitrogens is 1. The highest BCUT2D eigenvalue weighted by molar-refractivity contribution is 6.31. The van der Waals surface area contributed by atoms with Crippen molar-refractivity contribution < 1.29 is 4.79 Å². The van der Waals surface area contributed by atoms with Gasteiger partial charge in [-0.05, 0) is 54.3 Å². The van der Waals surface area contributed by atoms with E-state index in [4.69, 9.17) is 11.6 Å². The van der Waals surface area contributed by atoms with Gasteiger partial charge >= 0.3 is 0 Å². The minimum atomic E-state index is -0.240. The normalized spacial score (nSPS) is 13.2. The number of nitrogens with zero attached hydrogens (tertiary/aromatic N) is 2. The van der Waals surface area contributed by atoms with Gasteiger partial charge in [-0.25, -0.2) is 4.98 Å². The number of aryl methyl sites for hydroxylation is 1. The lowest BCUT2D eigenvalue weighted by Crippen LogP contribution is -2.30. The first kappa shape index (κ1) is 17.6. The Morgan fingerprint density at radius 2 is 1.93 bits per heavy atom. The Kier molecular flexibility index (Phi) is 4.82. The van der Waals surface area contributed by atoms with Gasteiger partial charge < -0.3 is 10.2 Å². The van der Waals surface area contributed by atoms with Crippen molar-refractivity contribution in [2.24, 2.45) is 0 Å². The maximum atomic E-state index is 12.5. The third-order valence-electron chi connectivity index (χ3n) is 4.92. The summed E-state index contributed by atoms with van der Waals surface area (Å²) in [6, 6.07) is 17.7. The van der Waals surface area contributed by atoms with Gasteiger partial charge in [0.1, 0.15) is 5.69 Å². The van der Waals surface area contributed by atoms with Gasteiger partial charge in [-0.3, -0.25) is 4.79 Å². The summed E-state index contributed by atoms with van der Waals surface area (Å²) in [4.78, 5) is 19.2. The summed E-state index contributed by atoms with van der Waals surface area (Å²) in [5.74, 6) is -0.240. The lowest BCUT2D eigenvalue weighted by molar-refractivity contribution is 0.102. The molecule has 0 saturated carbocycles. The van der Waals surface area contributed by atoms with E-state index in [-0.39, 0.29) is 5.91 Å². The first-order chi connectivity index (χ1) is 13.1. The molecule has 2 heterocycles. The van der Waals surface area contributed by atoms with Crippen molar-refractivity contribution in [2.45, 2.75) is 19.9 Å². The van der Waals surface area contributed by atoms with E-state index >= 15 is 0 Å². The molecule has 4 nitrogen and oxygen atoms in total. The fourth-order valence-corrected chi connectivity index (χ4v) is 3.51. The second kappa shape index (κ2) is 7.41. The highest BCUT2D eigenvalue weighted by Gasteiger charge is 2.17. The number of carbonyl (C=O) groups is 1. The number of anilines is 2. The molecule has 4 rings (SSSR count). The van der Waals surface area contributed by atoms with Crippen LogP contribution < -0.4 is 10.2 Å². The van der Waals surface area contributed by atoms with Crippen LogP contribution in [0, 0.1) is 6.92 Å². The van der Waals surface area contributed by atoms with Crippen LogP contribution >= 0.6 is 11.6 Å². The maximum Gasteiger partial charge on any atom is 0.274 e. The highest BCUT2D eigenvalue weighted by atomic mass is 35.5. The van der Waals surface area contributed by atoms with Crippen molar-refractivity contribution in [1.29, 1.82) is 0 Å². The molecule has 2 aromatic carbocycles. The molecular weight excluding hydrogens is 358 g/mol. The molecule has 5 heteroatoms. The Balaban J connectivity index is 1.48. The topological polar surface area (TPSA) is 45.2 Å². The fraction of sp³-hybridized carbons (Fsp3) is 0.182. The number of carbonyl (C=O) groups excluding carboxylic acids is 1. The Bertz CT molecular complexity index is 985. The lowest BCUT2D eigenvalue weighted by Gasteiger charge is -2.30. The van der Waals surface area contributed by atoms with Crippen LogP contribution in [-0.4, -0.2) is 17.4 Å². The number of benzene rings is 2. The number of amides is 1. The molecule has 1 aromatic heterocycles. The third-order valence-corrected chi connectivity index (χ3v) is 5.16. The van der Waals surface area contributed by atoms with Gasteiger partial charge in [0.15, 0.2) is 0 Å². The second-order valence-electron chi connectivity index (χ2n) is 6.76. The third kappa shape index (κ3) is 3.81. The van der Waals surface area contributed by atoms with E-state index in [1.807, 2.05) is 19.1 Å². The first-order valence-electron chi connectivity index (χ1n) is 8.95. The summed E-state index contributed by atoms with van der Waals surface area (Å²) in [7, 11) is 0. The molecular formula is C22H20ClN3O. The summed E-state index contributed by atoms with van der Waals surface area (Å²) < 4.78 is 0. The van der Waals surface area contributed by atoms with Gasteiger partial charge in [0, 0.05) is 23.8 Å². The standard InChI is InChI=1S/C22H20ClN3O/c1-15-6-7-18(23)12-21(15)25-22(27)20-9-8-19(13-24-20)26-11-10-16-4-2-3-5-17(16)14-26/h2-9,12-13H,10-11,14H2,1H3,(H,25,27). The monoisotopic (exact) mass is 377 g/mol. The van der Waals surface area contributed by atoms with Crippen LogP contribution in [0.3, 0.4) is 0 Å². The smallest absolute Gasteiger partial charge is 0.274 e. The minimum Gasteiger partial charge on any atom is -0.366 e. The average molecular weight is 378 g/mol. The van der Waals surface area contributed by atoms with E-state index in [1.54, 1.807) is 24.4 Å². The largest absolute Gasteiger partial charge is 0.366 e. The first-order valence-corrected chi connectivity index (χ1v) is 9.33. The number of hydrogen-bond donors (Lipinski definition) is 1. The molecule has 0 aliphatic carbocycles. The van der Waals surface area contributed by atoms with Crippen molar-refractivity contribution >= 4 is 28.9 Å². The lowest BCUT2D eigenvalue weighted by atomic mass is 10.00. The number of fused-ring (bicyclic) bond motifs is 1. The van der Waals surface area contributed by atoms with Crippen molar-refractivity contribution in [3.8, 4) is 0 Å². The highest BCUT2D eigenvalue weighted by Crippen LogP contribution is 2.24. The number of halogens is 1. The molecule has 0 saturated heterocycles. The molecule has 0 atom stereocenters. The van der Waals surface area contributed by atoms with Crippen LogP contribution in [-0.2, 0) is 13.0 Å². The van der Waals surface area contributed by atoms with E-state index < -0.39 is 0 Å². The predicted octanol–water partition coefficient (Wildman–Crippen LogP) is 4.86. The van der Waals surface area contributed by atoms with Gasteiger partial charge in [-0.2, -0.15) is 0 Å². The molecule has 1 amide bonds. The van der Waals surface area contributed by atoms with Crippen LogP contribution in [0.5, 0.6) is 0 Å². The molecule has 3 aromatic rings. The average Bonchev–Trinajstić information content (AvgIpc) is 2.70. The summed E-state index contributed by atoms with van der Waals surface area (Å²) in [6.45, 7) is 3.74. The quantitative estimate of drug-likeness (QED) is 0.709. The molecule has 136 valence electrons. The van der Waals surface area contributed by atoms with E-state index in [1.165, 1.54) is 11.1 Å². The van der Waals surface area contributed by atoms with Crippen LogP contribution in [0.2, 0.25) is 5.02 Å². The predicted molar refractivity (Wildman–Crippen MR) is 110 cm³/mol. The molecule has 0 bridgehead atoms. The van der Waals surface area contributed by atoms with Crippen LogP contribution in [0.1, 0.15) is 27.2 Å². The van der Waals surface area contributed by atoms with Gasteiger partial charge in [-0.1, -0.05) is 41.9 Å². The van der Waals surface area contributed by atoms with Gasteiger partial charge in [-0.15, -0.1) is 0 Å². The second-order valence-corrected chi connectivity index (χ2v) is 7.19. The maximum absolute atomic E-state index is 12.5. The zero-order chi connectivity index (χ0) is 18.8. The van der Waals surface area contributed by atoms with Gasteiger partial charge in [0.05, 0.1) is 11.9 Å². The molecule has 0 radical (unpaired) electrons. The fourth-order valence-electron chi connectivity index (χ4n) is 3.34. The summed E-state index contributed by atoms with van der Waals surface area (Å²) >= 11 is 6.02. The summed E-state index contributed by atoms with van der Waals surface area (Å²) in [5.41, 5.74) is 5.83. The SMILES string of the molecule is Cc1ccc(Cl)cc1NC(=O)c1ccc(N2CCc3ccccc3C2)cn1. The Labute approximate surface area is 163 Å². The summed E-state index contributed by atoms with van der Waals surface area (Å²) in [6.07, 6.45) is 2.79. The van der Waals surface area contributed by atoms with Crippen molar-refractivity contribution in [3.05, 3.63) is 88.2 Å². The summed E-state index contributed by atoms with van der Waals surface area (Å²) in [5, 5.41) is 3.47. The molecule has 1 aliphatic rings. The number of hydrogen-bond acceptors (Lipinski definition) is 3. The zero-order valence-corrected chi connectivity index (χ0v) is 15.8. The van der Waals surface area contributed by atoms with E-state index in [0.717, 1.165) is 30.8 Å². The van der Waals surface area contributed by atoms with Crippen LogP contribution in [0.4, 0.5) is 11.4 Å². The zero-order valence-electron chi connectivity index (χ0n) is 15.1. The van der Waals surface area contributed by atoms with Crippen molar-refractivity contribution in [1.82, 2.24) is 4.98 Å². The van der Waals surface area contributed by atoms with Crippen LogP contribution in [0.15, 0.2) is 60.8 Å².